The van der Waals surface area contributed by atoms with E-state index in [0.717, 1.165) is 0 Å². The highest BCUT2D eigenvalue weighted by molar-refractivity contribution is 7.68. The summed E-state index contributed by atoms with van der Waals surface area (Å²) in [4.78, 5) is 10.6. The van der Waals surface area contributed by atoms with Crippen LogP contribution in [0.5, 0.6) is 0 Å². The van der Waals surface area contributed by atoms with Crippen molar-refractivity contribution in [2.75, 3.05) is 0 Å². The standard InChI is InChI=1S/C6H11NO2S/c1-4(2)3-5(10-9)6(7)8/h4H,3H2,1-2H3,(H2,7,8). The molecule has 0 aliphatic heterocycles. The van der Waals surface area contributed by atoms with Crippen LogP contribution in [0.25, 0.3) is 0 Å². The molecule has 0 atom stereocenters. The van der Waals surface area contributed by atoms with E-state index in [1.54, 1.807) is 0 Å². The van der Waals surface area contributed by atoms with Gasteiger partial charge in [0.15, 0.2) is 0 Å². The molecule has 0 aliphatic rings. The van der Waals surface area contributed by atoms with E-state index in [1.807, 2.05) is 13.8 Å². The Morgan fingerprint density at radius 1 is 1.60 bits per heavy atom. The van der Waals surface area contributed by atoms with Gasteiger partial charge < -0.3 is 5.73 Å². The van der Waals surface area contributed by atoms with Crippen LogP contribution in [0.1, 0.15) is 20.3 Å². The summed E-state index contributed by atoms with van der Waals surface area (Å²) < 4.78 is 10.2. The molecule has 0 heterocycles. The second kappa shape index (κ2) is 4.22. The summed E-state index contributed by atoms with van der Waals surface area (Å²) in [5.41, 5.74) is 4.90. The molecule has 2 N–H and O–H groups in total. The first kappa shape index (κ1) is 9.36. The molecule has 0 fully saturated rings. The monoisotopic (exact) mass is 161 g/mol. The van der Waals surface area contributed by atoms with E-state index in [2.05, 4.69) is 0 Å². The van der Waals surface area contributed by atoms with Crippen molar-refractivity contribution in [1.82, 2.24) is 0 Å². The number of amides is 1. The first-order valence-electron chi connectivity index (χ1n) is 3.03. The fraction of sp³-hybridized carbons (Fsp3) is 0.667. The topological polar surface area (TPSA) is 60.2 Å². The van der Waals surface area contributed by atoms with E-state index in [0.29, 0.717) is 12.3 Å². The van der Waals surface area contributed by atoms with Crippen molar-refractivity contribution in [3.63, 3.8) is 0 Å². The van der Waals surface area contributed by atoms with Gasteiger partial charge in [-0.25, -0.2) is 4.21 Å². The van der Waals surface area contributed by atoms with Gasteiger partial charge in [-0.3, -0.25) is 4.79 Å². The zero-order valence-electron chi connectivity index (χ0n) is 6.09. The third kappa shape index (κ3) is 3.40. The van der Waals surface area contributed by atoms with Gasteiger partial charge in [0.2, 0.25) is 0 Å². The van der Waals surface area contributed by atoms with E-state index < -0.39 is 5.91 Å². The lowest BCUT2D eigenvalue weighted by Crippen LogP contribution is -2.24. The molecule has 0 saturated carbocycles. The summed E-state index contributed by atoms with van der Waals surface area (Å²) in [6.45, 7) is 3.86. The summed E-state index contributed by atoms with van der Waals surface area (Å²) in [6.07, 6.45) is 0.490. The SMILES string of the molecule is CC(C)CC(=S=O)C(N)=O. The molecule has 0 aromatic carbocycles. The molecule has 1 amide bonds. The Labute approximate surface area is 63.7 Å². The maximum atomic E-state index is 10.4. The Morgan fingerprint density at radius 3 is 2.20 bits per heavy atom. The molecule has 0 radical (unpaired) electrons. The van der Waals surface area contributed by atoms with E-state index in [1.165, 1.54) is 0 Å². The number of hydrogen-bond acceptors (Lipinski definition) is 2. The van der Waals surface area contributed by atoms with Crippen molar-refractivity contribution in [3.05, 3.63) is 0 Å². The quantitative estimate of drug-likeness (QED) is 0.588. The molecular formula is C6H11NO2S. The lowest BCUT2D eigenvalue weighted by Gasteiger charge is -2.00. The Morgan fingerprint density at radius 2 is 2.10 bits per heavy atom. The van der Waals surface area contributed by atoms with Gasteiger partial charge in [0.05, 0.1) is 11.3 Å². The molecule has 58 valence electrons. The van der Waals surface area contributed by atoms with Crippen molar-refractivity contribution < 1.29 is 9.00 Å². The van der Waals surface area contributed by atoms with Crippen LogP contribution < -0.4 is 5.73 Å². The van der Waals surface area contributed by atoms with Crippen LogP contribution in [0.3, 0.4) is 0 Å². The molecule has 0 unspecified atom stereocenters. The fourth-order valence-corrected chi connectivity index (χ4v) is 1.03. The Hall–Kier alpha value is -0.640. The van der Waals surface area contributed by atoms with Crippen molar-refractivity contribution in [3.8, 4) is 0 Å². The van der Waals surface area contributed by atoms with Crippen LogP contribution in [0.15, 0.2) is 0 Å². The summed E-state index contributed by atoms with van der Waals surface area (Å²) in [5, 5.41) is 0. The number of primary amides is 1. The number of carbonyl (C=O) groups excluding carboxylic acids is 1. The Balaban J connectivity index is 4.13. The molecule has 0 rings (SSSR count). The molecule has 0 aromatic heterocycles. The van der Waals surface area contributed by atoms with E-state index >= 15 is 0 Å². The highest BCUT2D eigenvalue weighted by Gasteiger charge is 2.07. The van der Waals surface area contributed by atoms with Gasteiger partial charge in [-0.1, -0.05) is 13.8 Å². The second-order valence-corrected chi connectivity index (χ2v) is 3.13. The van der Waals surface area contributed by atoms with Gasteiger partial charge in [-0.2, -0.15) is 0 Å². The average Bonchev–Trinajstić information content (AvgIpc) is 1.81. The zero-order chi connectivity index (χ0) is 8.15. The summed E-state index contributed by atoms with van der Waals surface area (Å²) in [5.74, 6) is -0.280. The van der Waals surface area contributed by atoms with Crippen LogP contribution in [0.4, 0.5) is 0 Å². The zero-order valence-corrected chi connectivity index (χ0v) is 6.90. The lowest BCUT2D eigenvalue weighted by molar-refractivity contribution is -0.111. The Bertz CT molecular complexity index is 182. The van der Waals surface area contributed by atoms with Crippen LogP contribution in [-0.2, 0) is 16.1 Å². The van der Waals surface area contributed by atoms with Crippen molar-refractivity contribution in [2.24, 2.45) is 11.7 Å². The van der Waals surface area contributed by atoms with Crippen LogP contribution in [-0.4, -0.2) is 15.0 Å². The summed E-state index contributed by atoms with van der Waals surface area (Å²) >= 11 is 0.198. The number of carbonyl (C=O) groups is 1. The van der Waals surface area contributed by atoms with Crippen LogP contribution in [0.2, 0.25) is 0 Å². The van der Waals surface area contributed by atoms with E-state index in [4.69, 9.17) is 5.73 Å². The normalized spacial score (nSPS) is 9.50. The minimum atomic E-state index is -0.589. The van der Waals surface area contributed by atoms with Gasteiger partial charge in [0.25, 0.3) is 5.91 Å². The number of nitrogens with two attached hydrogens (primary N) is 1. The highest BCUT2D eigenvalue weighted by atomic mass is 32.1. The third-order valence-electron chi connectivity index (χ3n) is 0.969. The molecule has 10 heavy (non-hydrogen) atoms. The van der Waals surface area contributed by atoms with Crippen molar-refractivity contribution in [1.29, 1.82) is 0 Å². The van der Waals surface area contributed by atoms with Gasteiger partial charge in [0.1, 0.15) is 4.86 Å². The largest absolute Gasteiger partial charge is 0.365 e. The van der Waals surface area contributed by atoms with Gasteiger partial charge >= 0.3 is 0 Å². The van der Waals surface area contributed by atoms with Gasteiger partial charge in [-0.05, 0) is 12.3 Å². The van der Waals surface area contributed by atoms with Gasteiger partial charge in [-0.15, -0.1) is 0 Å². The summed E-state index contributed by atoms with van der Waals surface area (Å²) in [7, 11) is 0. The highest BCUT2D eigenvalue weighted by Crippen LogP contribution is 1.99. The van der Waals surface area contributed by atoms with Crippen LogP contribution in [0, 0.1) is 5.92 Å². The maximum absolute atomic E-state index is 10.4. The molecule has 0 aliphatic carbocycles. The maximum Gasteiger partial charge on any atom is 0.257 e. The minimum Gasteiger partial charge on any atom is -0.365 e. The number of hydrogen-bond donors (Lipinski definition) is 1. The third-order valence-corrected chi connectivity index (χ3v) is 1.54. The van der Waals surface area contributed by atoms with Crippen molar-refractivity contribution in [2.45, 2.75) is 20.3 Å². The van der Waals surface area contributed by atoms with E-state index in [-0.39, 0.29) is 16.1 Å². The predicted octanol–water partition coefficient (Wildman–Crippen LogP) is -0.0968. The molecule has 0 spiro atoms. The molecule has 0 saturated heterocycles. The molecular weight excluding hydrogens is 150 g/mol. The Kier molecular flexibility index (Phi) is 3.95. The minimum absolute atomic E-state index is 0.198. The predicted molar refractivity (Wildman–Crippen MR) is 41.8 cm³/mol. The second-order valence-electron chi connectivity index (χ2n) is 2.47. The molecule has 4 heteroatoms. The average molecular weight is 161 g/mol. The molecule has 0 bridgehead atoms. The molecule has 3 nitrogen and oxygen atoms in total. The fourth-order valence-electron chi connectivity index (χ4n) is 0.546. The first-order valence-corrected chi connectivity index (χ1v) is 3.77. The van der Waals surface area contributed by atoms with Crippen LogP contribution >= 0.6 is 0 Å². The van der Waals surface area contributed by atoms with Crippen molar-refractivity contribution >= 4 is 22.0 Å². The number of rotatable bonds is 3. The summed E-state index contributed by atoms with van der Waals surface area (Å²) in [6, 6.07) is 0. The molecule has 0 aromatic rings. The van der Waals surface area contributed by atoms with Gasteiger partial charge in [0, 0.05) is 0 Å². The smallest absolute Gasteiger partial charge is 0.257 e. The van der Waals surface area contributed by atoms with E-state index in [9.17, 15) is 9.00 Å². The lowest BCUT2D eigenvalue weighted by atomic mass is 10.1. The first-order chi connectivity index (χ1) is 4.57.